The quantitative estimate of drug-likeness (QED) is 0.781. The molecule has 0 aliphatic heterocycles. The molecule has 1 aromatic rings. The summed E-state index contributed by atoms with van der Waals surface area (Å²) in [6, 6.07) is 0. The van der Waals surface area contributed by atoms with Gasteiger partial charge in [0.2, 0.25) is 10.0 Å². The molecular weight excluding hydrogens is 288 g/mol. The Bertz CT molecular complexity index is 590. The van der Waals surface area contributed by atoms with Gasteiger partial charge in [0.25, 0.3) is 0 Å². The maximum atomic E-state index is 12.9. The Hall–Kier alpha value is -0.920. The van der Waals surface area contributed by atoms with E-state index in [1.807, 2.05) is 20.9 Å². The molecular formula is C14H26N4O2S. The fraction of sp³-hybridized carbons (Fsp3) is 0.786. The molecule has 0 atom stereocenters. The second-order valence-corrected chi connectivity index (χ2v) is 7.60. The first-order chi connectivity index (χ1) is 9.91. The summed E-state index contributed by atoms with van der Waals surface area (Å²) in [6.45, 7) is 8.11. The lowest BCUT2D eigenvalue weighted by Crippen LogP contribution is -2.33. The molecule has 0 saturated heterocycles. The third-order valence-corrected chi connectivity index (χ3v) is 6.19. The Morgan fingerprint density at radius 1 is 1.38 bits per heavy atom. The zero-order valence-corrected chi connectivity index (χ0v) is 14.2. The lowest BCUT2D eigenvalue weighted by atomic mass is 10.4. The van der Waals surface area contributed by atoms with E-state index in [-0.39, 0.29) is 0 Å². The molecule has 1 fully saturated rings. The van der Waals surface area contributed by atoms with Gasteiger partial charge in [0.15, 0.2) is 0 Å². The number of likely N-dealkylation sites (N-methyl/N-ethyl adjacent to an activating group) is 1. The van der Waals surface area contributed by atoms with Gasteiger partial charge in [0.1, 0.15) is 4.90 Å². The molecule has 7 heteroatoms. The molecule has 6 nitrogen and oxygen atoms in total. The second kappa shape index (κ2) is 6.46. The molecule has 0 spiro atoms. The number of aromatic nitrogens is 2. The largest absolute Gasteiger partial charge is 0.318 e. The maximum absolute atomic E-state index is 12.9. The summed E-state index contributed by atoms with van der Waals surface area (Å²) in [5.74, 6) is 0.541. The van der Waals surface area contributed by atoms with Crippen molar-refractivity contribution < 1.29 is 8.42 Å². The minimum Gasteiger partial charge on any atom is -0.318 e. The topological polar surface area (TPSA) is 67.2 Å². The molecule has 1 aliphatic rings. The third-order valence-electron chi connectivity index (χ3n) is 4.00. The van der Waals surface area contributed by atoms with Crippen molar-refractivity contribution in [3.8, 4) is 0 Å². The fourth-order valence-electron chi connectivity index (χ4n) is 2.60. The van der Waals surface area contributed by atoms with Crippen LogP contribution in [0.5, 0.6) is 0 Å². The number of hydrogen-bond donors (Lipinski definition) is 1. The van der Waals surface area contributed by atoms with Crippen LogP contribution in [0.4, 0.5) is 0 Å². The summed E-state index contributed by atoms with van der Waals surface area (Å²) in [4.78, 5) is 0.390. The highest BCUT2D eigenvalue weighted by molar-refractivity contribution is 7.89. The first-order valence-corrected chi connectivity index (χ1v) is 9.04. The zero-order chi connectivity index (χ0) is 15.6. The van der Waals surface area contributed by atoms with Crippen molar-refractivity contribution in [2.75, 3.05) is 26.7 Å². The molecule has 1 heterocycles. The molecule has 0 bridgehead atoms. The first-order valence-electron chi connectivity index (χ1n) is 7.60. The summed E-state index contributed by atoms with van der Waals surface area (Å²) in [7, 11) is -1.57. The molecule has 0 radical (unpaired) electrons. The molecule has 0 aromatic carbocycles. The Balaban J connectivity index is 2.31. The predicted octanol–water partition coefficient (Wildman–Crippen LogP) is 1.14. The Morgan fingerprint density at radius 2 is 2.05 bits per heavy atom. The van der Waals surface area contributed by atoms with E-state index < -0.39 is 10.0 Å². The highest BCUT2D eigenvalue weighted by Crippen LogP contribution is 2.32. The molecule has 0 amide bonds. The number of rotatable bonds is 8. The Labute approximate surface area is 127 Å². The van der Waals surface area contributed by atoms with Crippen LogP contribution >= 0.6 is 0 Å². The van der Waals surface area contributed by atoms with Gasteiger partial charge in [0, 0.05) is 19.6 Å². The normalized spacial score (nSPS) is 15.9. The number of nitrogens with zero attached hydrogens (tertiary/aromatic N) is 3. The Kier molecular flexibility index (Phi) is 5.06. The number of nitrogens with one attached hydrogen (secondary N) is 1. The van der Waals surface area contributed by atoms with E-state index in [1.165, 1.54) is 0 Å². The highest BCUT2D eigenvalue weighted by atomic mass is 32.2. The van der Waals surface area contributed by atoms with Crippen LogP contribution in [0.1, 0.15) is 31.2 Å². The van der Waals surface area contributed by atoms with Gasteiger partial charge in [-0.25, -0.2) is 8.42 Å². The fourth-order valence-corrected chi connectivity index (χ4v) is 4.50. The number of sulfonamides is 1. The van der Waals surface area contributed by atoms with Gasteiger partial charge in [-0.3, -0.25) is 4.68 Å². The molecule has 0 unspecified atom stereocenters. The standard InChI is InChI=1S/C14H26N4O2S/c1-5-17(10-13-6-7-13)21(19,20)14-11(2)16-18(12(14)3)9-8-15-4/h13,15H,5-10H2,1-4H3. The van der Waals surface area contributed by atoms with Crippen molar-refractivity contribution in [3.05, 3.63) is 11.4 Å². The van der Waals surface area contributed by atoms with Crippen LogP contribution in [0, 0.1) is 19.8 Å². The van der Waals surface area contributed by atoms with Crippen molar-refractivity contribution in [1.82, 2.24) is 19.4 Å². The van der Waals surface area contributed by atoms with Gasteiger partial charge >= 0.3 is 0 Å². The minimum absolute atomic E-state index is 0.390. The van der Waals surface area contributed by atoms with Gasteiger partial charge in [-0.05, 0) is 39.7 Å². The predicted molar refractivity (Wildman–Crippen MR) is 82.8 cm³/mol. The first kappa shape index (κ1) is 16.5. The van der Waals surface area contributed by atoms with Crippen LogP contribution in [0.25, 0.3) is 0 Å². The number of hydrogen-bond acceptors (Lipinski definition) is 4. The summed E-state index contributed by atoms with van der Waals surface area (Å²) < 4.78 is 29.2. The van der Waals surface area contributed by atoms with Crippen molar-refractivity contribution in [2.45, 2.75) is 45.1 Å². The zero-order valence-electron chi connectivity index (χ0n) is 13.4. The molecule has 120 valence electrons. The van der Waals surface area contributed by atoms with Crippen LogP contribution < -0.4 is 5.32 Å². The van der Waals surface area contributed by atoms with E-state index >= 15 is 0 Å². The van der Waals surface area contributed by atoms with E-state index in [0.717, 1.165) is 25.1 Å². The van der Waals surface area contributed by atoms with Crippen LogP contribution in [0.3, 0.4) is 0 Å². The van der Waals surface area contributed by atoms with Gasteiger partial charge in [0.05, 0.1) is 17.9 Å². The van der Waals surface area contributed by atoms with Crippen molar-refractivity contribution in [1.29, 1.82) is 0 Å². The molecule has 2 rings (SSSR count). The SMILES string of the molecule is CCN(CC1CC1)S(=O)(=O)c1c(C)nn(CCNC)c1C. The van der Waals surface area contributed by atoms with E-state index in [1.54, 1.807) is 15.9 Å². The van der Waals surface area contributed by atoms with Gasteiger partial charge < -0.3 is 5.32 Å². The lowest BCUT2D eigenvalue weighted by molar-refractivity contribution is 0.411. The van der Waals surface area contributed by atoms with Crippen molar-refractivity contribution >= 4 is 10.0 Å². The van der Waals surface area contributed by atoms with E-state index in [9.17, 15) is 8.42 Å². The summed E-state index contributed by atoms with van der Waals surface area (Å²) >= 11 is 0. The van der Waals surface area contributed by atoms with Gasteiger partial charge in [-0.1, -0.05) is 6.92 Å². The van der Waals surface area contributed by atoms with Gasteiger partial charge in [-0.2, -0.15) is 9.40 Å². The molecule has 1 N–H and O–H groups in total. The summed E-state index contributed by atoms with van der Waals surface area (Å²) in [5.41, 5.74) is 1.33. The van der Waals surface area contributed by atoms with E-state index in [2.05, 4.69) is 10.4 Å². The molecule has 1 aliphatic carbocycles. The average molecular weight is 314 g/mol. The van der Waals surface area contributed by atoms with E-state index in [0.29, 0.717) is 36.1 Å². The monoisotopic (exact) mass is 314 g/mol. The van der Waals surface area contributed by atoms with Crippen LogP contribution in [0.15, 0.2) is 4.90 Å². The highest BCUT2D eigenvalue weighted by Gasteiger charge is 2.34. The molecule has 1 aromatic heterocycles. The number of aryl methyl sites for hydroxylation is 1. The molecule has 1 saturated carbocycles. The van der Waals surface area contributed by atoms with Crippen molar-refractivity contribution in [3.63, 3.8) is 0 Å². The maximum Gasteiger partial charge on any atom is 0.246 e. The second-order valence-electron chi connectivity index (χ2n) is 5.73. The minimum atomic E-state index is -3.44. The van der Waals surface area contributed by atoms with Crippen molar-refractivity contribution in [2.24, 2.45) is 5.92 Å². The lowest BCUT2D eigenvalue weighted by Gasteiger charge is -2.20. The smallest absolute Gasteiger partial charge is 0.246 e. The summed E-state index contributed by atoms with van der Waals surface area (Å²) in [5, 5.41) is 7.45. The van der Waals surface area contributed by atoms with E-state index in [4.69, 9.17) is 0 Å². The van der Waals surface area contributed by atoms with Crippen LogP contribution in [0.2, 0.25) is 0 Å². The van der Waals surface area contributed by atoms with Crippen LogP contribution in [-0.4, -0.2) is 49.2 Å². The Morgan fingerprint density at radius 3 is 2.57 bits per heavy atom. The summed E-state index contributed by atoms with van der Waals surface area (Å²) in [6.07, 6.45) is 2.29. The van der Waals surface area contributed by atoms with Crippen LogP contribution in [-0.2, 0) is 16.6 Å². The third kappa shape index (κ3) is 3.46. The molecule has 21 heavy (non-hydrogen) atoms. The average Bonchev–Trinajstić information content (AvgIpc) is 3.19. The van der Waals surface area contributed by atoms with Gasteiger partial charge in [-0.15, -0.1) is 0 Å².